The predicted molar refractivity (Wildman–Crippen MR) is 96.7 cm³/mol. The summed E-state index contributed by atoms with van der Waals surface area (Å²) in [5, 5.41) is 5.57. The molecule has 1 aliphatic heterocycles. The number of methoxy groups -OCH3 is 1. The van der Waals surface area contributed by atoms with Gasteiger partial charge in [0.15, 0.2) is 11.7 Å². The van der Waals surface area contributed by atoms with Crippen LogP contribution in [0.2, 0.25) is 0 Å². The number of benzene rings is 1. The van der Waals surface area contributed by atoms with Crippen LogP contribution >= 0.6 is 11.3 Å². The van der Waals surface area contributed by atoms with Crippen molar-refractivity contribution in [3.63, 3.8) is 0 Å². The van der Waals surface area contributed by atoms with Crippen molar-refractivity contribution in [1.82, 2.24) is 4.98 Å². The number of quaternary nitrogens is 1. The molecule has 0 bridgehead atoms. The van der Waals surface area contributed by atoms with Crippen LogP contribution in [-0.4, -0.2) is 37.6 Å². The number of likely N-dealkylation sites (tertiary alicyclic amines) is 1. The molecule has 1 aliphatic rings. The molecule has 0 spiro atoms. The molecule has 5 nitrogen and oxygen atoms in total. The lowest BCUT2D eigenvalue weighted by atomic mass is 10.0. The minimum absolute atomic E-state index is 0.0507. The number of anilines is 1. The molecular weight excluding hydrogens is 322 g/mol. The Labute approximate surface area is 146 Å². The van der Waals surface area contributed by atoms with Gasteiger partial charge in [-0.1, -0.05) is 6.92 Å². The summed E-state index contributed by atoms with van der Waals surface area (Å²) in [6.45, 7) is 4.97. The number of ether oxygens (including phenoxy) is 1. The minimum atomic E-state index is 0.0507. The maximum Gasteiger partial charge on any atom is 0.281 e. The SMILES string of the molecule is COc1ccc(-c2csc(NC(=O)C[NH+]3CCC[C@@H](C)C3)n2)cc1. The van der Waals surface area contributed by atoms with E-state index in [4.69, 9.17) is 4.74 Å². The molecule has 24 heavy (non-hydrogen) atoms. The molecule has 1 amide bonds. The van der Waals surface area contributed by atoms with Gasteiger partial charge in [-0.15, -0.1) is 11.3 Å². The van der Waals surface area contributed by atoms with Gasteiger partial charge in [0.25, 0.3) is 5.91 Å². The molecule has 1 fully saturated rings. The molecule has 2 aromatic rings. The van der Waals surface area contributed by atoms with Gasteiger partial charge in [0.05, 0.1) is 25.9 Å². The third-order valence-corrected chi connectivity index (χ3v) is 5.17. The average molecular weight is 346 g/mol. The topological polar surface area (TPSA) is 55.7 Å². The number of rotatable bonds is 5. The van der Waals surface area contributed by atoms with Crippen LogP contribution in [0.1, 0.15) is 19.8 Å². The van der Waals surface area contributed by atoms with E-state index in [1.165, 1.54) is 29.1 Å². The van der Waals surface area contributed by atoms with Gasteiger partial charge in [0, 0.05) is 16.9 Å². The van der Waals surface area contributed by atoms with Gasteiger partial charge in [-0.05, 0) is 37.1 Å². The van der Waals surface area contributed by atoms with Crippen LogP contribution in [-0.2, 0) is 4.79 Å². The van der Waals surface area contributed by atoms with Crippen LogP contribution in [0.15, 0.2) is 29.6 Å². The Kier molecular flexibility index (Phi) is 5.48. The van der Waals surface area contributed by atoms with Crippen molar-refractivity contribution in [2.75, 3.05) is 32.1 Å². The number of nitrogens with zero attached hydrogens (tertiary/aromatic N) is 1. The second kappa shape index (κ2) is 7.77. The summed E-state index contributed by atoms with van der Waals surface area (Å²) in [5.41, 5.74) is 1.89. The highest BCUT2D eigenvalue weighted by Gasteiger charge is 2.22. The molecule has 1 unspecified atom stereocenters. The van der Waals surface area contributed by atoms with Gasteiger partial charge < -0.3 is 9.64 Å². The maximum atomic E-state index is 12.2. The first-order valence-corrected chi connectivity index (χ1v) is 9.25. The van der Waals surface area contributed by atoms with E-state index in [2.05, 4.69) is 17.2 Å². The normalized spacial score (nSPS) is 20.6. The summed E-state index contributed by atoms with van der Waals surface area (Å²) < 4.78 is 5.17. The summed E-state index contributed by atoms with van der Waals surface area (Å²) in [6.07, 6.45) is 2.49. The molecule has 0 radical (unpaired) electrons. The van der Waals surface area contributed by atoms with Gasteiger partial charge >= 0.3 is 0 Å². The molecule has 2 N–H and O–H groups in total. The number of carbonyl (C=O) groups excluding carboxylic acids is 1. The first-order valence-electron chi connectivity index (χ1n) is 8.37. The molecule has 3 rings (SSSR count). The number of hydrogen-bond acceptors (Lipinski definition) is 4. The van der Waals surface area contributed by atoms with Crippen molar-refractivity contribution < 1.29 is 14.4 Å². The standard InChI is InChI=1S/C18H23N3O2S/c1-13-4-3-9-21(10-13)11-17(22)20-18-19-16(12-24-18)14-5-7-15(23-2)8-6-14/h5-8,12-13H,3-4,9-11H2,1-2H3,(H,19,20,22)/p+1/t13-/m1/s1. The summed E-state index contributed by atoms with van der Waals surface area (Å²) in [7, 11) is 1.65. The third kappa shape index (κ3) is 4.33. The van der Waals surface area contributed by atoms with Gasteiger partial charge in [-0.3, -0.25) is 10.1 Å². The van der Waals surface area contributed by atoms with E-state index in [0.717, 1.165) is 30.1 Å². The van der Waals surface area contributed by atoms with Crippen molar-refractivity contribution in [2.24, 2.45) is 5.92 Å². The van der Waals surface area contributed by atoms with Crippen molar-refractivity contribution in [3.05, 3.63) is 29.6 Å². The fourth-order valence-electron chi connectivity index (χ4n) is 3.17. The molecule has 1 aromatic heterocycles. The summed E-state index contributed by atoms with van der Waals surface area (Å²) in [4.78, 5) is 18.1. The van der Waals surface area contributed by atoms with Gasteiger partial charge in [-0.25, -0.2) is 4.98 Å². The molecule has 6 heteroatoms. The van der Waals surface area contributed by atoms with Crippen molar-refractivity contribution in [3.8, 4) is 17.0 Å². The Balaban J connectivity index is 1.57. The predicted octanol–water partition coefficient (Wildman–Crippen LogP) is 2.07. The second-order valence-electron chi connectivity index (χ2n) is 6.44. The number of amides is 1. The Hall–Kier alpha value is -1.92. The monoisotopic (exact) mass is 346 g/mol. The van der Waals surface area contributed by atoms with E-state index in [1.807, 2.05) is 29.6 Å². The number of nitrogens with one attached hydrogen (secondary N) is 2. The summed E-state index contributed by atoms with van der Waals surface area (Å²) in [5.74, 6) is 1.58. The van der Waals surface area contributed by atoms with Crippen LogP contribution in [0.4, 0.5) is 5.13 Å². The van der Waals surface area contributed by atoms with Crippen LogP contribution in [0.3, 0.4) is 0 Å². The number of piperidine rings is 1. The zero-order chi connectivity index (χ0) is 16.9. The van der Waals surface area contributed by atoms with E-state index in [-0.39, 0.29) is 5.91 Å². The van der Waals surface area contributed by atoms with Crippen LogP contribution in [0.25, 0.3) is 11.3 Å². The molecule has 0 saturated carbocycles. The van der Waals surface area contributed by atoms with Crippen LogP contribution < -0.4 is 15.0 Å². The Morgan fingerprint density at radius 1 is 1.42 bits per heavy atom. The number of thiazole rings is 1. The molecule has 0 aliphatic carbocycles. The zero-order valence-corrected chi connectivity index (χ0v) is 15.0. The fourth-order valence-corrected chi connectivity index (χ4v) is 3.91. The molecule has 2 atom stereocenters. The summed E-state index contributed by atoms with van der Waals surface area (Å²) in [6, 6.07) is 7.76. The largest absolute Gasteiger partial charge is 0.497 e. The maximum absolute atomic E-state index is 12.2. The van der Waals surface area contributed by atoms with Gasteiger partial charge in [-0.2, -0.15) is 0 Å². The lowest BCUT2D eigenvalue weighted by Gasteiger charge is -2.27. The zero-order valence-electron chi connectivity index (χ0n) is 14.2. The van der Waals surface area contributed by atoms with Crippen molar-refractivity contribution in [1.29, 1.82) is 0 Å². The number of hydrogen-bond donors (Lipinski definition) is 2. The van der Waals surface area contributed by atoms with E-state index in [9.17, 15) is 4.79 Å². The van der Waals surface area contributed by atoms with E-state index in [0.29, 0.717) is 17.6 Å². The molecule has 1 saturated heterocycles. The summed E-state index contributed by atoms with van der Waals surface area (Å²) >= 11 is 1.46. The Bertz CT molecular complexity index is 684. The van der Waals surface area contributed by atoms with Crippen molar-refractivity contribution >= 4 is 22.4 Å². The minimum Gasteiger partial charge on any atom is -0.497 e. The van der Waals surface area contributed by atoms with Gasteiger partial charge in [0.1, 0.15) is 5.75 Å². The lowest BCUT2D eigenvalue weighted by Crippen LogP contribution is -3.14. The van der Waals surface area contributed by atoms with Crippen LogP contribution in [0.5, 0.6) is 5.75 Å². The lowest BCUT2D eigenvalue weighted by molar-refractivity contribution is -0.900. The smallest absolute Gasteiger partial charge is 0.281 e. The number of aromatic nitrogens is 1. The van der Waals surface area contributed by atoms with Gasteiger partial charge in [0.2, 0.25) is 0 Å². The Morgan fingerprint density at radius 2 is 2.21 bits per heavy atom. The number of carbonyl (C=O) groups is 1. The second-order valence-corrected chi connectivity index (χ2v) is 7.30. The van der Waals surface area contributed by atoms with Crippen LogP contribution in [0, 0.1) is 5.92 Å². The Morgan fingerprint density at radius 3 is 2.92 bits per heavy atom. The quantitative estimate of drug-likeness (QED) is 0.871. The fraction of sp³-hybridized carbons (Fsp3) is 0.444. The van der Waals surface area contributed by atoms with E-state index < -0.39 is 0 Å². The molecule has 2 heterocycles. The highest BCUT2D eigenvalue weighted by atomic mass is 32.1. The molecule has 128 valence electrons. The third-order valence-electron chi connectivity index (χ3n) is 4.41. The average Bonchev–Trinajstić information content (AvgIpc) is 3.03. The molecular formula is C18H24N3O2S+. The highest BCUT2D eigenvalue weighted by Crippen LogP contribution is 2.26. The first kappa shape index (κ1) is 16.9. The molecule has 1 aromatic carbocycles. The van der Waals surface area contributed by atoms with E-state index >= 15 is 0 Å². The van der Waals surface area contributed by atoms with Crippen molar-refractivity contribution in [2.45, 2.75) is 19.8 Å². The highest BCUT2D eigenvalue weighted by molar-refractivity contribution is 7.14. The van der Waals surface area contributed by atoms with E-state index in [1.54, 1.807) is 7.11 Å². The first-order chi connectivity index (χ1) is 11.6.